The topological polar surface area (TPSA) is 74.2 Å². The summed E-state index contributed by atoms with van der Waals surface area (Å²) in [5, 5.41) is 15.1. The number of nitrogens with zero attached hydrogens (tertiary/aromatic N) is 1. The molecule has 0 spiro atoms. The molecular formula is C12H17N3O2. The summed E-state index contributed by atoms with van der Waals surface area (Å²) in [6.07, 6.45) is 4.85. The molecule has 5 nitrogen and oxygen atoms in total. The Labute approximate surface area is 100 Å². The maximum atomic E-state index is 11.7. The molecule has 1 aromatic rings. The molecule has 1 fully saturated rings. The smallest absolute Gasteiger partial charge is 0.320 e. The van der Waals surface area contributed by atoms with Gasteiger partial charge >= 0.3 is 6.03 Å². The fourth-order valence-corrected chi connectivity index (χ4v) is 2.04. The second-order valence-corrected chi connectivity index (χ2v) is 4.27. The van der Waals surface area contributed by atoms with E-state index in [1.165, 1.54) is 0 Å². The first-order valence-electron chi connectivity index (χ1n) is 5.92. The van der Waals surface area contributed by atoms with Gasteiger partial charge in [0, 0.05) is 6.20 Å². The van der Waals surface area contributed by atoms with Gasteiger partial charge < -0.3 is 10.4 Å². The van der Waals surface area contributed by atoms with Crippen LogP contribution in [0.3, 0.4) is 0 Å². The van der Waals surface area contributed by atoms with Crippen molar-refractivity contribution in [2.75, 3.05) is 5.32 Å². The number of anilines is 1. The maximum Gasteiger partial charge on any atom is 0.320 e. The summed E-state index contributed by atoms with van der Waals surface area (Å²) in [4.78, 5) is 15.6. The standard InChI is InChI=1S/C12H17N3O2/c16-10-6-2-1-5-9(10)14-12(17)15-11-7-3-4-8-13-11/h3-4,7-10,16H,1-2,5-6H2,(H2,13,14,15,17)/t9-,10+/m1/s1. The lowest BCUT2D eigenvalue weighted by atomic mass is 9.93. The van der Waals surface area contributed by atoms with Gasteiger partial charge in [0.1, 0.15) is 5.82 Å². The van der Waals surface area contributed by atoms with Gasteiger partial charge in [0.15, 0.2) is 0 Å². The van der Waals surface area contributed by atoms with Crippen LogP contribution in [-0.2, 0) is 0 Å². The van der Waals surface area contributed by atoms with Gasteiger partial charge in [0.25, 0.3) is 0 Å². The van der Waals surface area contributed by atoms with Crippen molar-refractivity contribution in [1.82, 2.24) is 10.3 Å². The summed E-state index contributed by atoms with van der Waals surface area (Å²) in [7, 11) is 0. The van der Waals surface area contributed by atoms with E-state index in [4.69, 9.17) is 0 Å². The van der Waals surface area contributed by atoms with E-state index in [0.29, 0.717) is 5.82 Å². The van der Waals surface area contributed by atoms with Crippen LogP contribution in [0.4, 0.5) is 10.6 Å². The van der Waals surface area contributed by atoms with Crippen LogP contribution in [0.1, 0.15) is 25.7 Å². The monoisotopic (exact) mass is 235 g/mol. The van der Waals surface area contributed by atoms with Crippen molar-refractivity contribution in [1.29, 1.82) is 0 Å². The highest BCUT2D eigenvalue weighted by molar-refractivity contribution is 5.88. The molecule has 17 heavy (non-hydrogen) atoms. The highest BCUT2D eigenvalue weighted by Crippen LogP contribution is 2.18. The first-order valence-corrected chi connectivity index (χ1v) is 5.92. The first kappa shape index (κ1) is 11.9. The van der Waals surface area contributed by atoms with Gasteiger partial charge in [0.05, 0.1) is 12.1 Å². The van der Waals surface area contributed by atoms with Crippen LogP contribution in [0.5, 0.6) is 0 Å². The number of aliphatic hydroxyl groups excluding tert-OH is 1. The zero-order valence-electron chi connectivity index (χ0n) is 9.60. The van der Waals surface area contributed by atoms with Gasteiger partial charge in [-0.1, -0.05) is 18.9 Å². The Morgan fingerprint density at radius 1 is 1.35 bits per heavy atom. The van der Waals surface area contributed by atoms with Crippen LogP contribution in [0.25, 0.3) is 0 Å². The van der Waals surface area contributed by atoms with Crippen molar-refractivity contribution in [3.05, 3.63) is 24.4 Å². The van der Waals surface area contributed by atoms with E-state index in [2.05, 4.69) is 15.6 Å². The van der Waals surface area contributed by atoms with Gasteiger partial charge in [-0.05, 0) is 25.0 Å². The van der Waals surface area contributed by atoms with Crippen molar-refractivity contribution in [2.24, 2.45) is 0 Å². The number of aliphatic hydroxyl groups is 1. The van der Waals surface area contributed by atoms with Crippen LogP contribution >= 0.6 is 0 Å². The normalized spacial score (nSPS) is 24.1. The van der Waals surface area contributed by atoms with Crippen molar-refractivity contribution in [2.45, 2.75) is 37.8 Å². The molecule has 2 rings (SSSR count). The predicted molar refractivity (Wildman–Crippen MR) is 64.7 cm³/mol. The number of carbonyl (C=O) groups excluding carboxylic acids is 1. The zero-order valence-corrected chi connectivity index (χ0v) is 9.60. The fraction of sp³-hybridized carbons (Fsp3) is 0.500. The molecule has 0 aliphatic heterocycles. The molecule has 1 aromatic heterocycles. The summed E-state index contributed by atoms with van der Waals surface area (Å²) >= 11 is 0. The zero-order chi connectivity index (χ0) is 12.1. The molecule has 1 heterocycles. The van der Waals surface area contributed by atoms with Gasteiger partial charge in [-0.15, -0.1) is 0 Å². The minimum atomic E-state index is -0.432. The van der Waals surface area contributed by atoms with Gasteiger partial charge in [0.2, 0.25) is 0 Å². The molecule has 92 valence electrons. The summed E-state index contributed by atoms with van der Waals surface area (Å²) in [6.45, 7) is 0. The molecule has 1 aliphatic rings. The van der Waals surface area contributed by atoms with Crippen LogP contribution in [0.15, 0.2) is 24.4 Å². The average Bonchev–Trinajstić information content (AvgIpc) is 2.33. The van der Waals surface area contributed by atoms with E-state index < -0.39 is 6.10 Å². The highest BCUT2D eigenvalue weighted by Gasteiger charge is 2.24. The first-order chi connectivity index (χ1) is 8.25. The van der Waals surface area contributed by atoms with Gasteiger partial charge in [-0.3, -0.25) is 5.32 Å². The molecule has 1 saturated carbocycles. The number of nitrogens with one attached hydrogen (secondary N) is 2. The minimum Gasteiger partial charge on any atom is -0.391 e. The Balaban J connectivity index is 1.84. The van der Waals surface area contributed by atoms with Crippen LogP contribution in [0.2, 0.25) is 0 Å². The minimum absolute atomic E-state index is 0.146. The molecule has 2 amide bonds. The molecule has 3 N–H and O–H groups in total. The number of hydrogen-bond donors (Lipinski definition) is 3. The van der Waals surface area contributed by atoms with Crippen molar-refractivity contribution in [3.8, 4) is 0 Å². The third kappa shape index (κ3) is 3.42. The number of aromatic nitrogens is 1. The van der Waals surface area contributed by atoms with Crippen molar-refractivity contribution < 1.29 is 9.90 Å². The summed E-state index contributed by atoms with van der Waals surface area (Å²) in [6, 6.07) is 4.85. The predicted octanol–water partition coefficient (Wildman–Crippen LogP) is 1.51. The van der Waals surface area contributed by atoms with E-state index in [-0.39, 0.29) is 12.1 Å². The summed E-state index contributed by atoms with van der Waals surface area (Å²) < 4.78 is 0. The molecule has 2 atom stereocenters. The highest BCUT2D eigenvalue weighted by atomic mass is 16.3. The molecule has 1 aliphatic carbocycles. The Bertz CT molecular complexity index is 369. The van der Waals surface area contributed by atoms with E-state index in [1.54, 1.807) is 24.4 Å². The molecular weight excluding hydrogens is 218 g/mol. The van der Waals surface area contributed by atoms with E-state index in [9.17, 15) is 9.90 Å². The van der Waals surface area contributed by atoms with Gasteiger partial charge in [-0.25, -0.2) is 9.78 Å². The second-order valence-electron chi connectivity index (χ2n) is 4.27. The summed E-state index contributed by atoms with van der Waals surface area (Å²) in [5.41, 5.74) is 0. The average molecular weight is 235 g/mol. The lowest BCUT2D eigenvalue weighted by Gasteiger charge is -2.28. The fourth-order valence-electron chi connectivity index (χ4n) is 2.04. The Kier molecular flexibility index (Phi) is 3.93. The van der Waals surface area contributed by atoms with E-state index in [1.807, 2.05) is 0 Å². The number of urea groups is 1. The molecule has 0 aromatic carbocycles. The largest absolute Gasteiger partial charge is 0.391 e. The summed E-state index contributed by atoms with van der Waals surface area (Å²) in [5.74, 6) is 0.510. The lowest BCUT2D eigenvalue weighted by molar-refractivity contribution is 0.0955. The Morgan fingerprint density at radius 3 is 2.88 bits per heavy atom. The lowest BCUT2D eigenvalue weighted by Crippen LogP contribution is -2.46. The van der Waals surface area contributed by atoms with Crippen molar-refractivity contribution >= 4 is 11.8 Å². The molecule has 0 radical (unpaired) electrons. The number of amides is 2. The number of hydrogen-bond acceptors (Lipinski definition) is 3. The third-order valence-corrected chi connectivity index (χ3v) is 2.95. The van der Waals surface area contributed by atoms with E-state index >= 15 is 0 Å². The Morgan fingerprint density at radius 2 is 2.18 bits per heavy atom. The van der Waals surface area contributed by atoms with Crippen LogP contribution < -0.4 is 10.6 Å². The van der Waals surface area contributed by atoms with Crippen LogP contribution in [-0.4, -0.2) is 28.3 Å². The number of pyridine rings is 1. The van der Waals surface area contributed by atoms with E-state index in [0.717, 1.165) is 25.7 Å². The second kappa shape index (κ2) is 5.63. The van der Waals surface area contributed by atoms with Crippen LogP contribution in [0, 0.1) is 0 Å². The third-order valence-electron chi connectivity index (χ3n) is 2.95. The maximum absolute atomic E-state index is 11.7. The molecule has 5 heteroatoms. The molecule has 0 saturated heterocycles. The molecule has 0 bridgehead atoms. The number of carbonyl (C=O) groups is 1. The quantitative estimate of drug-likeness (QED) is 0.727. The van der Waals surface area contributed by atoms with Gasteiger partial charge in [-0.2, -0.15) is 0 Å². The SMILES string of the molecule is O=C(Nc1ccccn1)N[C@@H]1CCCC[C@@H]1O. The van der Waals surface area contributed by atoms with Crippen molar-refractivity contribution in [3.63, 3.8) is 0 Å². The Hall–Kier alpha value is -1.62. The number of rotatable bonds is 2. The molecule has 0 unspecified atom stereocenters.